The summed E-state index contributed by atoms with van der Waals surface area (Å²) < 4.78 is 11.5. The molecule has 178 valence electrons. The Morgan fingerprint density at radius 1 is 0.778 bits per heavy atom. The number of carbonyl (C=O) groups excluding carboxylic acids is 2. The van der Waals surface area contributed by atoms with E-state index in [-0.39, 0.29) is 17.6 Å². The summed E-state index contributed by atoms with van der Waals surface area (Å²) >= 11 is 0. The molecule has 0 spiro atoms. The highest BCUT2D eigenvalue weighted by Gasteiger charge is 2.14. The topological polar surface area (TPSA) is 80.6 Å². The number of hydrogen-bond acceptors (Lipinski definition) is 4. The SMILES string of the molecule is Cc1cc(NC(=O)c2cccc(OCc3ccccc3)c2)ccc1NC(=O)c1cc2ccccc2o1. The summed E-state index contributed by atoms with van der Waals surface area (Å²) in [7, 11) is 0. The molecule has 36 heavy (non-hydrogen) atoms. The van der Waals surface area contributed by atoms with Crippen LogP contribution in [0.2, 0.25) is 0 Å². The fraction of sp³-hybridized carbons (Fsp3) is 0.0667. The number of carbonyl (C=O) groups is 2. The quantitative estimate of drug-likeness (QED) is 0.270. The number of anilines is 2. The maximum absolute atomic E-state index is 12.8. The van der Waals surface area contributed by atoms with Crippen LogP contribution in [-0.4, -0.2) is 11.8 Å². The van der Waals surface area contributed by atoms with Gasteiger partial charge < -0.3 is 19.8 Å². The Kier molecular flexibility index (Phi) is 6.49. The molecule has 6 heteroatoms. The van der Waals surface area contributed by atoms with Gasteiger partial charge in [-0.15, -0.1) is 0 Å². The van der Waals surface area contributed by atoms with Crippen molar-refractivity contribution in [2.75, 3.05) is 10.6 Å². The molecule has 0 radical (unpaired) electrons. The third-order valence-electron chi connectivity index (χ3n) is 5.73. The molecule has 1 aromatic heterocycles. The van der Waals surface area contributed by atoms with Crippen molar-refractivity contribution in [1.29, 1.82) is 0 Å². The van der Waals surface area contributed by atoms with E-state index in [1.807, 2.05) is 73.7 Å². The van der Waals surface area contributed by atoms with Crippen molar-refractivity contribution >= 4 is 34.2 Å². The van der Waals surface area contributed by atoms with E-state index in [1.54, 1.807) is 36.4 Å². The largest absolute Gasteiger partial charge is 0.489 e. The predicted octanol–water partition coefficient (Wildman–Crippen LogP) is 6.82. The van der Waals surface area contributed by atoms with Crippen LogP contribution in [0.5, 0.6) is 5.75 Å². The molecule has 0 bridgehead atoms. The van der Waals surface area contributed by atoms with Crippen molar-refractivity contribution in [3.8, 4) is 5.75 Å². The van der Waals surface area contributed by atoms with E-state index in [4.69, 9.17) is 9.15 Å². The minimum Gasteiger partial charge on any atom is -0.489 e. The number of furan rings is 1. The first-order chi connectivity index (χ1) is 17.5. The summed E-state index contributed by atoms with van der Waals surface area (Å²) in [6.45, 7) is 2.29. The van der Waals surface area contributed by atoms with Gasteiger partial charge >= 0.3 is 0 Å². The molecule has 0 unspecified atom stereocenters. The fourth-order valence-corrected chi connectivity index (χ4v) is 3.83. The number of fused-ring (bicyclic) bond motifs is 1. The van der Waals surface area contributed by atoms with Crippen LogP contribution in [0.15, 0.2) is 108 Å². The zero-order valence-electron chi connectivity index (χ0n) is 19.7. The smallest absolute Gasteiger partial charge is 0.291 e. The van der Waals surface area contributed by atoms with Crippen LogP contribution in [0.1, 0.15) is 32.0 Å². The zero-order chi connectivity index (χ0) is 24.9. The molecule has 4 aromatic carbocycles. The Morgan fingerprint density at radius 3 is 2.39 bits per heavy atom. The first-order valence-corrected chi connectivity index (χ1v) is 11.5. The molecule has 0 atom stereocenters. The van der Waals surface area contributed by atoms with Gasteiger partial charge in [0.25, 0.3) is 11.8 Å². The van der Waals surface area contributed by atoms with Crippen LogP contribution in [0, 0.1) is 6.92 Å². The number of rotatable bonds is 7. The van der Waals surface area contributed by atoms with Gasteiger partial charge in [-0.25, -0.2) is 0 Å². The summed E-state index contributed by atoms with van der Waals surface area (Å²) in [6, 6.07) is 31.4. The molecular weight excluding hydrogens is 452 g/mol. The van der Waals surface area contributed by atoms with Gasteiger partial charge in [0.2, 0.25) is 0 Å². The zero-order valence-corrected chi connectivity index (χ0v) is 19.7. The van der Waals surface area contributed by atoms with Gasteiger partial charge in [-0.05, 0) is 66.6 Å². The Labute approximate surface area is 208 Å². The standard InChI is InChI=1S/C30H24N2O4/c1-20-16-24(14-15-26(20)32-30(34)28-18-22-10-5-6-13-27(22)36-28)31-29(33)23-11-7-12-25(17-23)35-19-21-8-3-2-4-9-21/h2-18H,19H2,1H3,(H,31,33)(H,32,34). The van der Waals surface area contributed by atoms with E-state index in [1.165, 1.54) is 0 Å². The predicted molar refractivity (Wildman–Crippen MR) is 141 cm³/mol. The second-order valence-electron chi connectivity index (χ2n) is 8.39. The molecule has 0 saturated carbocycles. The number of aryl methyl sites for hydroxylation is 1. The first-order valence-electron chi connectivity index (χ1n) is 11.5. The van der Waals surface area contributed by atoms with E-state index in [2.05, 4.69) is 10.6 Å². The van der Waals surface area contributed by atoms with Gasteiger partial charge in [0, 0.05) is 22.3 Å². The maximum Gasteiger partial charge on any atom is 0.291 e. The Balaban J connectivity index is 1.23. The van der Waals surface area contributed by atoms with Crippen molar-refractivity contribution in [3.05, 3.63) is 126 Å². The molecule has 0 saturated heterocycles. The number of para-hydroxylation sites is 1. The number of amides is 2. The highest BCUT2D eigenvalue weighted by atomic mass is 16.5. The first kappa shape index (κ1) is 22.9. The Morgan fingerprint density at radius 2 is 1.58 bits per heavy atom. The third-order valence-corrected chi connectivity index (χ3v) is 5.73. The van der Waals surface area contributed by atoms with Crippen molar-refractivity contribution in [2.24, 2.45) is 0 Å². The molecule has 0 aliphatic heterocycles. The van der Waals surface area contributed by atoms with Crippen LogP contribution < -0.4 is 15.4 Å². The second-order valence-corrected chi connectivity index (χ2v) is 8.39. The molecule has 0 fully saturated rings. The second kappa shape index (κ2) is 10.2. The highest BCUT2D eigenvalue weighted by Crippen LogP contribution is 2.24. The summed E-state index contributed by atoms with van der Waals surface area (Å²) in [5, 5.41) is 6.64. The van der Waals surface area contributed by atoms with Gasteiger partial charge in [-0.2, -0.15) is 0 Å². The lowest BCUT2D eigenvalue weighted by Gasteiger charge is -2.11. The van der Waals surface area contributed by atoms with Gasteiger partial charge in [0.15, 0.2) is 5.76 Å². The number of nitrogens with one attached hydrogen (secondary N) is 2. The van der Waals surface area contributed by atoms with Crippen molar-refractivity contribution in [1.82, 2.24) is 0 Å². The van der Waals surface area contributed by atoms with Crippen molar-refractivity contribution in [2.45, 2.75) is 13.5 Å². The Hall–Kier alpha value is -4.84. The average molecular weight is 477 g/mol. The van der Waals surface area contributed by atoms with Crippen LogP contribution in [0.3, 0.4) is 0 Å². The lowest BCUT2D eigenvalue weighted by Crippen LogP contribution is -2.14. The van der Waals surface area contributed by atoms with Crippen molar-refractivity contribution < 1.29 is 18.7 Å². The average Bonchev–Trinajstić information content (AvgIpc) is 3.34. The lowest BCUT2D eigenvalue weighted by atomic mass is 10.1. The van der Waals surface area contributed by atoms with Gasteiger partial charge in [-0.3, -0.25) is 9.59 Å². The number of benzene rings is 4. The molecule has 5 aromatic rings. The molecule has 2 amide bonds. The summed E-state index contributed by atoms with van der Waals surface area (Å²) in [5.74, 6) is 0.269. The molecule has 1 heterocycles. The fourth-order valence-electron chi connectivity index (χ4n) is 3.83. The van der Waals surface area contributed by atoms with E-state index in [9.17, 15) is 9.59 Å². The molecule has 0 aliphatic carbocycles. The molecule has 6 nitrogen and oxygen atoms in total. The normalized spacial score (nSPS) is 10.7. The highest BCUT2D eigenvalue weighted by molar-refractivity contribution is 6.06. The number of hydrogen-bond donors (Lipinski definition) is 2. The molecule has 0 aliphatic rings. The third kappa shape index (κ3) is 5.28. The van der Waals surface area contributed by atoms with Gasteiger partial charge in [0.1, 0.15) is 17.9 Å². The molecular formula is C30H24N2O4. The molecule has 5 rings (SSSR count). The minimum absolute atomic E-state index is 0.238. The van der Waals surface area contributed by atoms with Crippen molar-refractivity contribution in [3.63, 3.8) is 0 Å². The summed E-state index contributed by atoms with van der Waals surface area (Å²) in [4.78, 5) is 25.5. The van der Waals surface area contributed by atoms with Crippen LogP contribution in [-0.2, 0) is 6.61 Å². The van der Waals surface area contributed by atoms with E-state index < -0.39 is 0 Å². The summed E-state index contributed by atoms with van der Waals surface area (Å²) in [6.07, 6.45) is 0. The van der Waals surface area contributed by atoms with Gasteiger partial charge in [-0.1, -0.05) is 54.6 Å². The Bertz CT molecular complexity index is 1510. The van der Waals surface area contributed by atoms with Crippen LogP contribution >= 0.6 is 0 Å². The van der Waals surface area contributed by atoms with E-state index in [0.29, 0.717) is 34.9 Å². The maximum atomic E-state index is 12.8. The molecule has 2 N–H and O–H groups in total. The van der Waals surface area contributed by atoms with Crippen LogP contribution in [0.4, 0.5) is 11.4 Å². The summed E-state index contributed by atoms with van der Waals surface area (Å²) in [5.41, 5.74) is 4.25. The van der Waals surface area contributed by atoms with E-state index >= 15 is 0 Å². The van der Waals surface area contributed by atoms with Crippen LogP contribution in [0.25, 0.3) is 11.0 Å². The lowest BCUT2D eigenvalue weighted by molar-refractivity contribution is 0.0996. The minimum atomic E-state index is -0.335. The van der Waals surface area contributed by atoms with E-state index in [0.717, 1.165) is 16.5 Å². The number of ether oxygens (including phenoxy) is 1. The van der Waals surface area contributed by atoms with Gasteiger partial charge in [0.05, 0.1) is 0 Å². The monoisotopic (exact) mass is 476 g/mol.